The molecule has 76 valence electrons. The lowest BCUT2D eigenvalue weighted by molar-refractivity contribution is 0.210. The Labute approximate surface area is 91.1 Å². The van der Waals surface area contributed by atoms with E-state index in [-0.39, 0.29) is 17.8 Å². The monoisotopic (exact) mass is 258 g/mol. The summed E-state index contributed by atoms with van der Waals surface area (Å²) in [6.07, 6.45) is 2.64. The number of rotatable bonds is 3. The SMILES string of the molecule is OCC1(Cc2c(F)cccc2Br)CC1. The van der Waals surface area contributed by atoms with Crippen LogP contribution in [0.5, 0.6) is 0 Å². The Hall–Kier alpha value is -0.410. The molecule has 0 aliphatic heterocycles. The van der Waals surface area contributed by atoms with Crippen LogP contribution in [0.15, 0.2) is 22.7 Å². The first-order chi connectivity index (χ1) is 6.67. The summed E-state index contributed by atoms with van der Waals surface area (Å²) in [7, 11) is 0. The number of hydrogen-bond acceptors (Lipinski definition) is 1. The molecule has 2 rings (SSSR count). The van der Waals surface area contributed by atoms with Crippen molar-refractivity contribution in [3.8, 4) is 0 Å². The van der Waals surface area contributed by atoms with Crippen molar-refractivity contribution < 1.29 is 9.50 Å². The molecule has 0 aromatic heterocycles. The maximum absolute atomic E-state index is 13.4. The lowest BCUT2D eigenvalue weighted by atomic mass is 9.97. The van der Waals surface area contributed by atoms with E-state index in [1.807, 2.05) is 6.07 Å². The lowest BCUT2D eigenvalue weighted by Gasteiger charge is -2.13. The van der Waals surface area contributed by atoms with Crippen molar-refractivity contribution in [3.05, 3.63) is 34.1 Å². The van der Waals surface area contributed by atoms with E-state index in [2.05, 4.69) is 15.9 Å². The van der Waals surface area contributed by atoms with Crippen LogP contribution < -0.4 is 0 Å². The van der Waals surface area contributed by atoms with Gasteiger partial charge in [0.25, 0.3) is 0 Å². The van der Waals surface area contributed by atoms with Gasteiger partial charge in [0.05, 0.1) is 0 Å². The molecule has 0 spiro atoms. The van der Waals surface area contributed by atoms with Gasteiger partial charge in [0.15, 0.2) is 0 Å². The molecule has 1 aliphatic carbocycles. The van der Waals surface area contributed by atoms with E-state index < -0.39 is 0 Å². The molecular weight excluding hydrogens is 247 g/mol. The number of aliphatic hydroxyl groups excluding tert-OH is 1. The molecule has 1 aromatic carbocycles. The molecule has 1 aromatic rings. The Kier molecular flexibility index (Phi) is 2.62. The number of benzene rings is 1. The highest BCUT2D eigenvalue weighted by Crippen LogP contribution is 2.48. The summed E-state index contributed by atoms with van der Waals surface area (Å²) in [5.41, 5.74) is 0.657. The quantitative estimate of drug-likeness (QED) is 0.884. The van der Waals surface area contributed by atoms with Gasteiger partial charge < -0.3 is 5.11 Å². The number of hydrogen-bond donors (Lipinski definition) is 1. The Morgan fingerprint density at radius 1 is 1.43 bits per heavy atom. The number of halogens is 2. The van der Waals surface area contributed by atoms with E-state index in [0.29, 0.717) is 12.0 Å². The highest BCUT2D eigenvalue weighted by molar-refractivity contribution is 9.10. The third-order valence-corrected chi connectivity index (χ3v) is 3.65. The third-order valence-electron chi connectivity index (χ3n) is 2.91. The minimum absolute atomic E-state index is 0.0370. The topological polar surface area (TPSA) is 20.2 Å². The molecule has 1 fully saturated rings. The van der Waals surface area contributed by atoms with E-state index >= 15 is 0 Å². The minimum Gasteiger partial charge on any atom is -0.396 e. The zero-order valence-electron chi connectivity index (χ0n) is 7.76. The summed E-state index contributed by atoms with van der Waals surface area (Å²) in [5.74, 6) is -0.181. The van der Waals surface area contributed by atoms with E-state index in [0.717, 1.165) is 17.3 Å². The van der Waals surface area contributed by atoms with Crippen molar-refractivity contribution in [1.82, 2.24) is 0 Å². The van der Waals surface area contributed by atoms with Crippen molar-refractivity contribution in [2.24, 2.45) is 5.41 Å². The van der Waals surface area contributed by atoms with Gasteiger partial charge in [0.2, 0.25) is 0 Å². The summed E-state index contributed by atoms with van der Waals surface area (Å²) in [5, 5.41) is 9.16. The van der Waals surface area contributed by atoms with Crippen LogP contribution in [-0.2, 0) is 6.42 Å². The van der Waals surface area contributed by atoms with E-state index in [1.165, 1.54) is 6.07 Å². The maximum Gasteiger partial charge on any atom is 0.127 e. The zero-order valence-corrected chi connectivity index (χ0v) is 9.35. The summed E-state index contributed by atoms with van der Waals surface area (Å²) < 4.78 is 14.2. The molecule has 0 bridgehead atoms. The van der Waals surface area contributed by atoms with Gasteiger partial charge in [0, 0.05) is 16.6 Å². The third kappa shape index (κ3) is 1.84. The van der Waals surface area contributed by atoms with Crippen molar-refractivity contribution in [3.63, 3.8) is 0 Å². The summed E-state index contributed by atoms with van der Waals surface area (Å²) in [6, 6.07) is 4.99. The lowest BCUT2D eigenvalue weighted by Crippen LogP contribution is -2.11. The maximum atomic E-state index is 13.4. The molecule has 0 unspecified atom stereocenters. The van der Waals surface area contributed by atoms with Gasteiger partial charge in [-0.1, -0.05) is 22.0 Å². The molecule has 1 aliphatic rings. The van der Waals surface area contributed by atoms with Crippen LogP contribution in [0.25, 0.3) is 0 Å². The van der Waals surface area contributed by atoms with Crippen LogP contribution in [0.3, 0.4) is 0 Å². The first kappa shape index (κ1) is 10.1. The molecular formula is C11H12BrFO. The fraction of sp³-hybridized carbons (Fsp3) is 0.455. The van der Waals surface area contributed by atoms with Crippen LogP contribution in [0, 0.1) is 11.2 Å². The zero-order chi connectivity index (χ0) is 10.2. The van der Waals surface area contributed by atoms with E-state index in [9.17, 15) is 4.39 Å². The molecule has 0 radical (unpaired) electrons. The standard InChI is InChI=1S/C11H12BrFO/c12-9-2-1-3-10(13)8(9)6-11(7-14)4-5-11/h1-3,14H,4-7H2. The normalized spacial score (nSPS) is 18.2. The Morgan fingerprint density at radius 2 is 2.14 bits per heavy atom. The Morgan fingerprint density at radius 3 is 2.64 bits per heavy atom. The second-order valence-electron chi connectivity index (χ2n) is 4.04. The minimum atomic E-state index is -0.181. The Balaban J connectivity index is 2.24. The van der Waals surface area contributed by atoms with Crippen LogP contribution in [-0.4, -0.2) is 11.7 Å². The smallest absolute Gasteiger partial charge is 0.127 e. The van der Waals surface area contributed by atoms with E-state index in [1.54, 1.807) is 6.07 Å². The van der Waals surface area contributed by atoms with Gasteiger partial charge in [-0.3, -0.25) is 0 Å². The highest BCUT2D eigenvalue weighted by atomic mass is 79.9. The average Bonchev–Trinajstić information content (AvgIpc) is 2.93. The summed E-state index contributed by atoms with van der Waals surface area (Å²) in [4.78, 5) is 0. The average molecular weight is 259 g/mol. The first-order valence-electron chi connectivity index (χ1n) is 4.71. The molecule has 3 heteroatoms. The molecule has 14 heavy (non-hydrogen) atoms. The molecule has 0 saturated heterocycles. The highest BCUT2D eigenvalue weighted by Gasteiger charge is 2.42. The van der Waals surface area contributed by atoms with Crippen LogP contribution >= 0.6 is 15.9 Å². The summed E-state index contributed by atoms with van der Waals surface area (Å²) in [6.45, 7) is 0.160. The first-order valence-corrected chi connectivity index (χ1v) is 5.50. The van der Waals surface area contributed by atoms with Gasteiger partial charge in [-0.2, -0.15) is 0 Å². The Bertz CT molecular complexity index is 327. The van der Waals surface area contributed by atoms with Crippen molar-refractivity contribution in [1.29, 1.82) is 0 Å². The summed E-state index contributed by atoms with van der Waals surface area (Å²) >= 11 is 3.34. The van der Waals surface area contributed by atoms with Gasteiger partial charge in [-0.15, -0.1) is 0 Å². The fourth-order valence-corrected chi connectivity index (χ4v) is 2.13. The largest absolute Gasteiger partial charge is 0.396 e. The van der Waals surface area contributed by atoms with Crippen LogP contribution in [0.1, 0.15) is 18.4 Å². The molecule has 1 saturated carbocycles. The fourth-order valence-electron chi connectivity index (χ4n) is 1.64. The van der Waals surface area contributed by atoms with Crippen LogP contribution in [0.4, 0.5) is 4.39 Å². The second-order valence-corrected chi connectivity index (χ2v) is 4.89. The number of aliphatic hydroxyl groups is 1. The van der Waals surface area contributed by atoms with Crippen molar-refractivity contribution in [2.75, 3.05) is 6.61 Å². The molecule has 0 amide bonds. The molecule has 0 atom stereocenters. The van der Waals surface area contributed by atoms with Crippen LogP contribution in [0.2, 0.25) is 0 Å². The molecule has 1 N–H and O–H groups in total. The van der Waals surface area contributed by atoms with Gasteiger partial charge in [0.1, 0.15) is 5.82 Å². The van der Waals surface area contributed by atoms with Gasteiger partial charge in [-0.05, 0) is 36.8 Å². The predicted molar refractivity (Wildman–Crippen MR) is 56.6 cm³/mol. The molecule has 0 heterocycles. The predicted octanol–water partition coefficient (Wildman–Crippen LogP) is 2.90. The van der Waals surface area contributed by atoms with Crippen molar-refractivity contribution >= 4 is 15.9 Å². The van der Waals surface area contributed by atoms with E-state index in [4.69, 9.17) is 5.11 Å². The van der Waals surface area contributed by atoms with Gasteiger partial charge >= 0.3 is 0 Å². The molecule has 1 nitrogen and oxygen atoms in total. The van der Waals surface area contributed by atoms with Crippen molar-refractivity contribution in [2.45, 2.75) is 19.3 Å². The second kappa shape index (κ2) is 3.63. The van der Waals surface area contributed by atoms with Gasteiger partial charge in [-0.25, -0.2) is 4.39 Å².